The molecule has 0 spiro atoms. The van der Waals surface area contributed by atoms with Gasteiger partial charge in [-0.2, -0.15) is 0 Å². The molecule has 2 aromatic carbocycles. The molecule has 7 nitrogen and oxygen atoms in total. The number of hydrogen-bond acceptors (Lipinski definition) is 4. The molecule has 7 heteroatoms. The molecule has 0 aliphatic heterocycles. The number of nitrogens with one attached hydrogen (secondary N) is 3. The van der Waals surface area contributed by atoms with Gasteiger partial charge in [-0.1, -0.05) is 18.2 Å². The van der Waals surface area contributed by atoms with Crippen molar-refractivity contribution in [1.82, 2.24) is 16.0 Å². The fourth-order valence-electron chi connectivity index (χ4n) is 2.85. The highest BCUT2D eigenvalue weighted by Crippen LogP contribution is 2.30. The smallest absolute Gasteiger partial charge is 0.251 e. The normalized spacial score (nSPS) is 13.6. The van der Waals surface area contributed by atoms with Crippen molar-refractivity contribution in [3.63, 3.8) is 0 Å². The summed E-state index contributed by atoms with van der Waals surface area (Å²) in [5, 5.41) is 18.6. The van der Waals surface area contributed by atoms with Gasteiger partial charge in [0.15, 0.2) is 5.96 Å². The summed E-state index contributed by atoms with van der Waals surface area (Å²) in [5.74, 6) is 2.25. The number of carbonyl (C=O) groups excluding carboxylic acids is 1. The molecule has 0 radical (unpaired) electrons. The van der Waals surface area contributed by atoms with E-state index < -0.39 is 0 Å². The molecule has 0 heterocycles. The Morgan fingerprint density at radius 3 is 2.53 bits per heavy atom. The van der Waals surface area contributed by atoms with E-state index in [0.29, 0.717) is 37.1 Å². The number of aromatic hydroxyl groups is 1. The number of phenolic OH excluding ortho intramolecular Hbond substituents is 1. The third kappa shape index (κ3) is 6.99. The molecule has 4 N–H and O–H groups in total. The highest BCUT2D eigenvalue weighted by Gasteiger charge is 2.22. The van der Waals surface area contributed by atoms with Crippen LogP contribution in [0.2, 0.25) is 0 Å². The van der Waals surface area contributed by atoms with E-state index >= 15 is 0 Å². The Labute approximate surface area is 177 Å². The SMILES string of the molecule is CCNC(=NCc1ccccc1OCC1CC1)NCCNC(=O)c1ccc(O)cc1. The molecule has 2 aromatic rings. The van der Waals surface area contributed by atoms with Crippen LogP contribution in [0, 0.1) is 5.92 Å². The van der Waals surface area contributed by atoms with Gasteiger partial charge in [-0.25, -0.2) is 4.99 Å². The summed E-state index contributed by atoms with van der Waals surface area (Å²) in [6.07, 6.45) is 2.52. The van der Waals surface area contributed by atoms with Crippen LogP contribution in [-0.2, 0) is 6.54 Å². The highest BCUT2D eigenvalue weighted by atomic mass is 16.5. The quantitative estimate of drug-likeness (QED) is 0.274. The lowest BCUT2D eigenvalue weighted by Crippen LogP contribution is -2.41. The second-order valence-corrected chi connectivity index (χ2v) is 7.29. The van der Waals surface area contributed by atoms with Crippen molar-refractivity contribution in [1.29, 1.82) is 0 Å². The van der Waals surface area contributed by atoms with Crippen LogP contribution >= 0.6 is 0 Å². The lowest BCUT2D eigenvalue weighted by atomic mass is 10.2. The number of aliphatic imine (C=N–C) groups is 1. The van der Waals surface area contributed by atoms with Crippen LogP contribution in [0.3, 0.4) is 0 Å². The number of ether oxygens (including phenoxy) is 1. The average molecular weight is 411 g/mol. The van der Waals surface area contributed by atoms with Crippen LogP contribution in [-0.4, -0.2) is 43.2 Å². The second kappa shape index (κ2) is 11.1. The van der Waals surface area contributed by atoms with Crippen LogP contribution in [0.1, 0.15) is 35.7 Å². The average Bonchev–Trinajstić information content (AvgIpc) is 3.59. The minimum absolute atomic E-state index is 0.138. The third-order valence-corrected chi connectivity index (χ3v) is 4.73. The van der Waals surface area contributed by atoms with Gasteiger partial charge in [0.2, 0.25) is 0 Å². The molecule has 0 aromatic heterocycles. The van der Waals surface area contributed by atoms with Crippen LogP contribution in [0.4, 0.5) is 0 Å². The molecule has 160 valence electrons. The van der Waals surface area contributed by atoms with E-state index in [4.69, 9.17) is 4.74 Å². The number of benzene rings is 2. The van der Waals surface area contributed by atoms with Gasteiger partial charge in [0.25, 0.3) is 5.91 Å². The summed E-state index contributed by atoms with van der Waals surface area (Å²) in [5.41, 5.74) is 1.56. The van der Waals surface area contributed by atoms with Gasteiger partial charge in [0.1, 0.15) is 11.5 Å². The van der Waals surface area contributed by atoms with Gasteiger partial charge < -0.3 is 25.8 Å². The molecule has 0 saturated heterocycles. The highest BCUT2D eigenvalue weighted by molar-refractivity contribution is 5.94. The second-order valence-electron chi connectivity index (χ2n) is 7.29. The van der Waals surface area contributed by atoms with E-state index in [0.717, 1.165) is 24.5 Å². The molecular weight excluding hydrogens is 380 g/mol. The van der Waals surface area contributed by atoms with Crippen molar-refractivity contribution in [2.75, 3.05) is 26.2 Å². The van der Waals surface area contributed by atoms with Crippen molar-refractivity contribution in [2.45, 2.75) is 26.3 Å². The maximum Gasteiger partial charge on any atom is 0.251 e. The molecule has 1 fully saturated rings. The Morgan fingerprint density at radius 1 is 1.07 bits per heavy atom. The third-order valence-electron chi connectivity index (χ3n) is 4.73. The summed E-state index contributed by atoms with van der Waals surface area (Å²) in [6.45, 7) is 5.03. The molecule has 30 heavy (non-hydrogen) atoms. The van der Waals surface area contributed by atoms with Crippen LogP contribution < -0.4 is 20.7 Å². The van der Waals surface area contributed by atoms with E-state index in [1.807, 2.05) is 31.2 Å². The largest absolute Gasteiger partial charge is 0.508 e. The Balaban J connectivity index is 1.47. The fraction of sp³-hybridized carbons (Fsp3) is 0.391. The summed E-state index contributed by atoms with van der Waals surface area (Å²) in [4.78, 5) is 16.8. The van der Waals surface area contributed by atoms with Gasteiger partial charge in [0, 0.05) is 30.8 Å². The molecular formula is C23H30N4O3. The maximum atomic E-state index is 12.1. The van der Waals surface area contributed by atoms with Gasteiger partial charge in [-0.3, -0.25) is 4.79 Å². The van der Waals surface area contributed by atoms with Crippen LogP contribution in [0.5, 0.6) is 11.5 Å². The number of amides is 1. The first-order valence-corrected chi connectivity index (χ1v) is 10.5. The lowest BCUT2D eigenvalue weighted by molar-refractivity contribution is 0.0954. The minimum atomic E-state index is -0.180. The number of phenols is 1. The first-order valence-electron chi connectivity index (χ1n) is 10.5. The number of rotatable bonds is 10. The lowest BCUT2D eigenvalue weighted by Gasteiger charge is -2.13. The maximum absolute atomic E-state index is 12.1. The van der Waals surface area contributed by atoms with Crippen molar-refractivity contribution in [3.05, 3.63) is 59.7 Å². The van der Waals surface area contributed by atoms with E-state index in [2.05, 4.69) is 20.9 Å². The van der Waals surface area contributed by atoms with E-state index in [9.17, 15) is 9.90 Å². The van der Waals surface area contributed by atoms with Crippen molar-refractivity contribution >= 4 is 11.9 Å². The molecule has 3 rings (SSSR count). The first kappa shape index (κ1) is 21.5. The molecule has 1 saturated carbocycles. The summed E-state index contributed by atoms with van der Waals surface area (Å²) in [6, 6.07) is 14.2. The number of carbonyl (C=O) groups is 1. The van der Waals surface area contributed by atoms with Gasteiger partial charge in [-0.15, -0.1) is 0 Å². The van der Waals surface area contributed by atoms with Crippen LogP contribution in [0.15, 0.2) is 53.5 Å². The predicted molar refractivity (Wildman–Crippen MR) is 118 cm³/mol. The zero-order chi connectivity index (χ0) is 21.2. The summed E-state index contributed by atoms with van der Waals surface area (Å²) >= 11 is 0. The predicted octanol–water partition coefficient (Wildman–Crippen LogP) is 2.67. The van der Waals surface area contributed by atoms with Crippen molar-refractivity contribution < 1.29 is 14.6 Å². The van der Waals surface area contributed by atoms with E-state index in [-0.39, 0.29) is 11.7 Å². The Morgan fingerprint density at radius 2 is 1.80 bits per heavy atom. The fourth-order valence-corrected chi connectivity index (χ4v) is 2.85. The Hall–Kier alpha value is -3.22. The molecule has 1 aliphatic rings. The zero-order valence-corrected chi connectivity index (χ0v) is 17.4. The number of guanidine groups is 1. The molecule has 1 amide bonds. The molecule has 0 bridgehead atoms. The number of nitrogens with zero attached hydrogens (tertiary/aromatic N) is 1. The van der Waals surface area contributed by atoms with E-state index in [1.165, 1.54) is 25.0 Å². The van der Waals surface area contributed by atoms with Gasteiger partial charge in [-0.05, 0) is 56.0 Å². The monoisotopic (exact) mass is 410 g/mol. The Kier molecular flexibility index (Phi) is 7.94. The summed E-state index contributed by atoms with van der Waals surface area (Å²) < 4.78 is 5.95. The Bertz CT molecular complexity index is 848. The topological polar surface area (TPSA) is 95.0 Å². The molecule has 1 aliphatic carbocycles. The van der Waals surface area contributed by atoms with Crippen LogP contribution in [0.25, 0.3) is 0 Å². The van der Waals surface area contributed by atoms with E-state index in [1.54, 1.807) is 12.1 Å². The first-order chi connectivity index (χ1) is 14.7. The zero-order valence-electron chi connectivity index (χ0n) is 17.4. The number of hydrogen-bond donors (Lipinski definition) is 4. The molecule has 0 atom stereocenters. The van der Waals surface area contributed by atoms with Gasteiger partial charge in [0.05, 0.1) is 13.2 Å². The van der Waals surface area contributed by atoms with Crippen molar-refractivity contribution in [2.24, 2.45) is 10.9 Å². The standard InChI is InChI=1S/C23H30N4O3/c1-2-24-23(26-14-13-25-22(29)18-9-11-20(28)12-10-18)27-15-19-5-3-4-6-21(19)30-16-17-7-8-17/h3-6,9-12,17,28H,2,7-8,13-16H2,1H3,(H,25,29)(H2,24,26,27). The number of para-hydroxylation sites is 1. The summed E-state index contributed by atoms with van der Waals surface area (Å²) in [7, 11) is 0. The minimum Gasteiger partial charge on any atom is -0.508 e. The van der Waals surface area contributed by atoms with Gasteiger partial charge >= 0.3 is 0 Å². The van der Waals surface area contributed by atoms with Crippen molar-refractivity contribution in [3.8, 4) is 11.5 Å². The molecule has 0 unspecified atom stereocenters.